The number of carbonyl (C=O) groups is 2. The van der Waals surface area contributed by atoms with Crippen LogP contribution in [0.5, 0.6) is 0 Å². The average molecular weight is 510 g/mol. The fourth-order valence-corrected chi connectivity index (χ4v) is 6.47. The van der Waals surface area contributed by atoms with Gasteiger partial charge in [0.05, 0.1) is 25.3 Å². The highest BCUT2D eigenvalue weighted by Crippen LogP contribution is 2.45. The molecule has 3 aliphatic rings. The van der Waals surface area contributed by atoms with E-state index in [2.05, 4.69) is 69.3 Å². The van der Waals surface area contributed by atoms with Crippen LogP contribution in [0.3, 0.4) is 0 Å². The summed E-state index contributed by atoms with van der Waals surface area (Å²) in [7, 11) is 0. The first kappa shape index (κ1) is 24.9. The van der Waals surface area contributed by atoms with Crippen LogP contribution in [-0.4, -0.2) is 48.7 Å². The van der Waals surface area contributed by atoms with Crippen molar-refractivity contribution in [1.82, 2.24) is 4.90 Å². The van der Waals surface area contributed by atoms with Crippen LogP contribution in [-0.2, 0) is 14.9 Å². The first-order chi connectivity index (χ1) is 18.3. The minimum atomic E-state index is -0.300. The number of ether oxygens (including phenoxy) is 2. The molecule has 196 valence electrons. The number of nitrogens with zero attached hydrogens (tertiary/aromatic N) is 1. The molecular weight excluding hydrogens is 474 g/mol. The summed E-state index contributed by atoms with van der Waals surface area (Å²) in [6.45, 7) is 7.69. The van der Waals surface area contributed by atoms with E-state index in [1.54, 1.807) is 0 Å². The normalized spacial score (nSPS) is 22.5. The van der Waals surface area contributed by atoms with Gasteiger partial charge < -0.3 is 9.47 Å². The lowest BCUT2D eigenvalue weighted by molar-refractivity contribution is -0.0747. The van der Waals surface area contributed by atoms with Crippen molar-refractivity contribution < 1.29 is 19.1 Å². The number of benzene rings is 3. The Morgan fingerprint density at radius 1 is 0.842 bits per heavy atom. The molecule has 0 saturated carbocycles. The van der Waals surface area contributed by atoms with Gasteiger partial charge in [0, 0.05) is 17.4 Å². The molecule has 2 saturated heterocycles. The van der Waals surface area contributed by atoms with Crippen molar-refractivity contribution in [3.8, 4) is 11.1 Å². The Morgan fingerprint density at radius 3 is 1.95 bits per heavy atom. The Morgan fingerprint density at radius 2 is 1.39 bits per heavy atom. The third kappa shape index (κ3) is 4.43. The topological polar surface area (TPSA) is 55.8 Å². The van der Waals surface area contributed by atoms with E-state index in [4.69, 9.17) is 9.47 Å². The van der Waals surface area contributed by atoms with Crippen molar-refractivity contribution in [2.45, 2.75) is 57.0 Å². The number of rotatable bonds is 4. The van der Waals surface area contributed by atoms with Crippen LogP contribution in [0, 0.1) is 5.92 Å². The van der Waals surface area contributed by atoms with Crippen LogP contribution < -0.4 is 0 Å². The van der Waals surface area contributed by atoms with Crippen LogP contribution >= 0.6 is 0 Å². The van der Waals surface area contributed by atoms with Gasteiger partial charge in [-0.25, -0.2) is 4.79 Å². The molecule has 2 fully saturated rings. The molecule has 2 atom stereocenters. The minimum Gasteiger partial charge on any atom is -0.448 e. The van der Waals surface area contributed by atoms with Crippen LogP contribution in [0.15, 0.2) is 72.8 Å². The van der Waals surface area contributed by atoms with Gasteiger partial charge in [0.25, 0.3) is 0 Å². The zero-order chi connectivity index (χ0) is 26.4. The van der Waals surface area contributed by atoms with Gasteiger partial charge in [-0.2, -0.15) is 0 Å². The lowest BCUT2D eigenvalue weighted by Crippen LogP contribution is -2.60. The second-order valence-corrected chi connectivity index (χ2v) is 11.9. The van der Waals surface area contributed by atoms with E-state index in [-0.39, 0.29) is 41.2 Å². The summed E-state index contributed by atoms with van der Waals surface area (Å²) < 4.78 is 11.8. The number of ketones is 1. The third-order valence-electron chi connectivity index (χ3n) is 8.47. The molecule has 38 heavy (non-hydrogen) atoms. The zero-order valence-electron chi connectivity index (χ0n) is 22.4. The Hall–Kier alpha value is -3.44. The molecule has 5 heteroatoms. The Bertz CT molecular complexity index is 1300. The van der Waals surface area contributed by atoms with E-state index in [0.717, 1.165) is 5.56 Å². The number of hydrogen-bond donors (Lipinski definition) is 0. The van der Waals surface area contributed by atoms with E-state index >= 15 is 0 Å². The molecule has 2 heterocycles. The van der Waals surface area contributed by atoms with E-state index < -0.39 is 0 Å². The maximum Gasteiger partial charge on any atom is 0.410 e. The van der Waals surface area contributed by atoms with Gasteiger partial charge in [-0.05, 0) is 46.1 Å². The van der Waals surface area contributed by atoms with Crippen molar-refractivity contribution in [1.29, 1.82) is 0 Å². The third-order valence-corrected chi connectivity index (χ3v) is 8.47. The van der Waals surface area contributed by atoms with Gasteiger partial charge in [-0.15, -0.1) is 0 Å². The van der Waals surface area contributed by atoms with Crippen molar-refractivity contribution in [2.24, 2.45) is 5.92 Å². The van der Waals surface area contributed by atoms with E-state index in [9.17, 15) is 9.59 Å². The number of Topliss-reactive ketones (excluding diaryl/α,β-unsaturated/α-hetero) is 1. The van der Waals surface area contributed by atoms with Crippen LogP contribution in [0.2, 0.25) is 0 Å². The fraction of sp³-hybridized carbons (Fsp3) is 0.394. The van der Waals surface area contributed by atoms with E-state index in [1.165, 1.54) is 27.8 Å². The molecule has 1 aliphatic carbocycles. The summed E-state index contributed by atoms with van der Waals surface area (Å²) in [6.07, 6.45) is 0.895. The predicted octanol–water partition coefficient (Wildman–Crippen LogP) is 6.60. The highest BCUT2D eigenvalue weighted by Gasteiger charge is 2.45. The maximum absolute atomic E-state index is 13.4. The van der Waals surface area contributed by atoms with Gasteiger partial charge >= 0.3 is 6.09 Å². The number of amides is 1. The summed E-state index contributed by atoms with van der Waals surface area (Å²) in [6, 6.07) is 24.4. The van der Waals surface area contributed by atoms with Crippen LogP contribution in [0.4, 0.5) is 4.79 Å². The van der Waals surface area contributed by atoms with Crippen LogP contribution in [0.1, 0.15) is 66.6 Å². The van der Waals surface area contributed by atoms with E-state index in [1.807, 2.05) is 29.2 Å². The van der Waals surface area contributed by atoms with Crippen molar-refractivity contribution in [3.63, 3.8) is 0 Å². The Balaban J connectivity index is 1.14. The molecule has 0 aromatic heterocycles. The standard InChI is InChI=1S/C33H35NO4/c1-33(2,3)23-14-12-21(13-15-23)31(35)22-16-24-18-37-19-25(17-22)34(24)32(36)38-20-30-28-10-6-4-8-26(28)27-9-5-7-11-29(27)30/h4-15,22,24-25,30H,16-20H2,1-3H3. The number of piperidine rings is 1. The van der Waals surface area contributed by atoms with Gasteiger partial charge in [0.15, 0.2) is 5.78 Å². The highest BCUT2D eigenvalue weighted by atomic mass is 16.6. The van der Waals surface area contributed by atoms with Crippen molar-refractivity contribution in [2.75, 3.05) is 19.8 Å². The predicted molar refractivity (Wildman–Crippen MR) is 147 cm³/mol. The molecule has 5 nitrogen and oxygen atoms in total. The summed E-state index contributed by atoms with van der Waals surface area (Å²) in [4.78, 5) is 28.7. The summed E-state index contributed by atoms with van der Waals surface area (Å²) in [5.74, 6) is 0.0687. The van der Waals surface area contributed by atoms with Gasteiger partial charge in [0.2, 0.25) is 0 Å². The molecule has 3 aromatic rings. The Kier molecular flexibility index (Phi) is 6.35. The zero-order valence-corrected chi connectivity index (χ0v) is 22.4. The van der Waals surface area contributed by atoms with Crippen molar-refractivity contribution >= 4 is 11.9 Å². The molecule has 3 aromatic carbocycles. The quantitative estimate of drug-likeness (QED) is 0.372. The average Bonchev–Trinajstić information content (AvgIpc) is 3.24. The van der Waals surface area contributed by atoms with Gasteiger partial charge in [-0.1, -0.05) is 93.6 Å². The molecule has 0 radical (unpaired) electrons. The molecule has 0 N–H and O–H groups in total. The summed E-state index contributed by atoms with van der Waals surface area (Å²) in [5.41, 5.74) is 6.83. The van der Waals surface area contributed by atoms with Crippen LogP contribution in [0.25, 0.3) is 11.1 Å². The van der Waals surface area contributed by atoms with Crippen molar-refractivity contribution in [3.05, 3.63) is 95.1 Å². The Labute approximate surface area is 224 Å². The monoisotopic (exact) mass is 509 g/mol. The lowest BCUT2D eigenvalue weighted by atomic mass is 9.80. The molecule has 2 aliphatic heterocycles. The summed E-state index contributed by atoms with van der Waals surface area (Å²) in [5, 5.41) is 0. The molecule has 2 bridgehead atoms. The second-order valence-electron chi connectivity index (χ2n) is 11.9. The lowest BCUT2D eigenvalue weighted by Gasteiger charge is -2.47. The largest absolute Gasteiger partial charge is 0.448 e. The fourth-order valence-electron chi connectivity index (χ4n) is 6.47. The second kappa shape index (κ2) is 9.70. The number of carbonyl (C=O) groups excluding carboxylic acids is 2. The molecule has 1 amide bonds. The smallest absolute Gasteiger partial charge is 0.410 e. The molecule has 6 rings (SSSR count). The van der Waals surface area contributed by atoms with Gasteiger partial charge in [-0.3, -0.25) is 9.69 Å². The highest BCUT2D eigenvalue weighted by molar-refractivity contribution is 5.98. The summed E-state index contributed by atoms with van der Waals surface area (Å²) >= 11 is 0. The number of morpholine rings is 1. The molecular formula is C33H35NO4. The first-order valence-corrected chi connectivity index (χ1v) is 13.7. The number of fused-ring (bicyclic) bond motifs is 5. The number of hydrogen-bond acceptors (Lipinski definition) is 4. The van der Waals surface area contributed by atoms with E-state index in [0.29, 0.717) is 32.7 Å². The molecule has 2 unspecified atom stereocenters. The SMILES string of the molecule is CC(C)(C)c1ccc(C(=O)C2CC3COCC(C2)N3C(=O)OCC2c3ccccc3-c3ccccc32)cc1. The first-order valence-electron chi connectivity index (χ1n) is 13.7. The molecule has 0 spiro atoms. The van der Waals surface area contributed by atoms with Gasteiger partial charge in [0.1, 0.15) is 6.61 Å². The minimum absolute atomic E-state index is 0.0256. The maximum atomic E-state index is 13.4.